The second kappa shape index (κ2) is 8.01. The van der Waals surface area contributed by atoms with E-state index in [1.165, 1.54) is 4.88 Å². The molecule has 1 fully saturated rings. The van der Waals surface area contributed by atoms with E-state index < -0.39 is 6.10 Å². The lowest BCUT2D eigenvalue weighted by Gasteiger charge is -2.32. The molecule has 3 rings (SSSR count). The third kappa shape index (κ3) is 4.84. The van der Waals surface area contributed by atoms with Crippen LogP contribution >= 0.6 is 11.3 Å². The number of hydrogen-bond donors (Lipinski definition) is 2. The lowest BCUT2D eigenvalue weighted by molar-refractivity contribution is 0.00624. The minimum absolute atomic E-state index is 0.355. The molecular formula is C16H24N4O2S. The van der Waals surface area contributed by atoms with Gasteiger partial charge in [-0.25, -0.2) is 4.98 Å². The van der Waals surface area contributed by atoms with Gasteiger partial charge in [0.15, 0.2) is 5.82 Å². The van der Waals surface area contributed by atoms with Crippen molar-refractivity contribution in [2.24, 2.45) is 0 Å². The molecule has 1 aliphatic rings. The minimum Gasteiger partial charge on any atom is -0.389 e. The number of aryl methyl sites for hydroxylation is 1. The molecule has 3 heterocycles. The first kappa shape index (κ1) is 16.6. The van der Waals surface area contributed by atoms with Gasteiger partial charge < -0.3 is 9.84 Å². The van der Waals surface area contributed by atoms with Gasteiger partial charge in [-0.2, -0.15) is 5.10 Å². The van der Waals surface area contributed by atoms with Crippen LogP contribution in [0.3, 0.4) is 0 Å². The van der Waals surface area contributed by atoms with Crippen LogP contribution in [0.1, 0.15) is 35.3 Å². The molecule has 0 radical (unpaired) electrons. The third-order valence-corrected chi connectivity index (χ3v) is 4.94. The summed E-state index contributed by atoms with van der Waals surface area (Å²) in [6.07, 6.45) is 1.77. The summed E-state index contributed by atoms with van der Waals surface area (Å²) in [4.78, 5) is 7.93. The number of hydrogen-bond acceptors (Lipinski definition) is 6. The summed E-state index contributed by atoms with van der Waals surface area (Å²) in [6, 6.07) is 4.06. The van der Waals surface area contributed by atoms with Crippen LogP contribution in [0.25, 0.3) is 0 Å². The van der Waals surface area contributed by atoms with Crippen LogP contribution in [-0.2, 0) is 11.3 Å². The van der Waals surface area contributed by atoms with Gasteiger partial charge in [0.1, 0.15) is 5.82 Å². The van der Waals surface area contributed by atoms with Crippen molar-refractivity contribution < 1.29 is 9.84 Å². The topological polar surface area (TPSA) is 74.3 Å². The van der Waals surface area contributed by atoms with E-state index in [4.69, 9.17) is 4.74 Å². The van der Waals surface area contributed by atoms with E-state index in [2.05, 4.69) is 20.1 Å². The Hall–Kier alpha value is -1.28. The molecule has 6 nitrogen and oxygen atoms in total. The molecule has 2 atom stereocenters. The maximum absolute atomic E-state index is 10.2. The van der Waals surface area contributed by atoms with E-state index in [9.17, 15) is 5.11 Å². The summed E-state index contributed by atoms with van der Waals surface area (Å²) in [5, 5.41) is 19.4. The molecule has 23 heavy (non-hydrogen) atoms. The summed E-state index contributed by atoms with van der Waals surface area (Å²) in [5.41, 5.74) is 0. The number of rotatable bonds is 7. The summed E-state index contributed by atoms with van der Waals surface area (Å²) in [6.45, 7) is 5.43. The molecular weight excluding hydrogens is 312 g/mol. The molecule has 1 aliphatic heterocycles. The molecule has 2 unspecified atom stereocenters. The second-order valence-electron chi connectivity index (χ2n) is 6.13. The van der Waals surface area contributed by atoms with Crippen LogP contribution in [0.4, 0.5) is 0 Å². The Balaban J connectivity index is 1.41. The van der Waals surface area contributed by atoms with Gasteiger partial charge in [-0.1, -0.05) is 6.07 Å². The average molecular weight is 336 g/mol. The van der Waals surface area contributed by atoms with Crippen molar-refractivity contribution in [2.45, 2.75) is 38.4 Å². The average Bonchev–Trinajstić information content (AvgIpc) is 3.19. The number of ether oxygens (including phenoxy) is 1. The molecule has 0 bridgehead atoms. The van der Waals surface area contributed by atoms with Gasteiger partial charge in [-0.3, -0.25) is 10.00 Å². The van der Waals surface area contributed by atoms with E-state index in [0.717, 1.165) is 37.6 Å². The van der Waals surface area contributed by atoms with Crippen molar-refractivity contribution in [3.05, 3.63) is 34.0 Å². The number of nitrogens with zero attached hydrogens (tertiary/aromatic N) is 3. The lowest BCUT2D eigenvalue weighted by Crippen LogP contribution is -2.41. The highest BCUT2D eigenvalue weighted by molar-refractivity contribution is 7.09. The van der Waals surface area contributed by atoms with Gasteiger partial charge in [0.25, 0.3) is 0 Å². The fraction of sp³-hybridized carbons (Fsp3) is 0.625. The van der Waals surface area contributed by atoms with Crippen LogP contribution < -0.4 is 0 Å². The van der Waals surface area contributed by atoms with E-state index >= 15 is 0 Å². The van der Waals surface area contributed by atoms with Crippen LogP contribution in [0.5, 0.6) is 0 Å². The molecule has 0 saturated carbocycles. The maximum atomic E-state index is 10.2. The fourth-order valence-electron chi connectivity index (χ4n) is 3.02. The Bertz CT molecular complexity index is 587. The molecule has 0 aliphatic carbocycles. The van der Waals surface area contributed by atoms with Gasteiger partial charge in [-0.05, 0) is 37.8 Å². The Morgan fingerprint density at radius 3 is 3.22 bits per heavy atom. The van der Waals surface area contributed by atoms with E-state index in [1.807, 2.05) is 24.4 Å². The molecule has 2 N–H and O–H groups in total. The van der Waals surface area contributed by atoms with Crippen molar-refractivity contribution in [1.29, 1.82) is 0 Å². The Kier molecular flexibility index (Phi) is 5.77. The normalized spacial score (nSPS) is 20.7. The number of aliphatic hydroxyl groups excluding tert-OH is 1. The number of aromatic amines is 1. The molecule has 7 heteroatoms. The molecule has 0 spiro atoms. The van der Waals surface area contributed by atoms with Crippen molar-refractivity contribution in [3.8, 4) is 0 Å². The number of aromatic nitrogens is 3. The highest BCUT2D eigenvalue weighted by Crippen LogP contribution is 2.24. The summed E-state index contributed by atoms with van der Waals surface area (Å²) in [5.74, 6) is 2.11. The number of likely N-dealkylation sites (tertiary alicyclic amines) is 1. The Morgan fingerprint density at radius 1 is 1.57 bits per heavy atom. The van der Waals surface area contributed by atoms with Crippen LogP contribution in [0.2, 0.25) is 0 Å². The van der Waals surface area contributed by atoms with Crippen molar-refractivity contribution >= 4 is 11.3 Å². The SMILES string of the molecule is Cc1nc(C2CCCN(CC(O)COCc3cccs3)C2)n[nH]1. The van der Waals surface area contributed by atoms with Crippen LogP contribution in [0, 0.1) is 6.92 Å². The number of H-pyrrole nitrogens is 1. The number of piperidine rings is 1. The molecule has 1 saturated heterocycles. The van der Waals surface area contributed by atoms with Gasteiger partial charge in [0.2, 0.25) is 0 Å². The van der Waals surface area contributed by atoms with Gasteiger partial charge in [-0.15, -0.1) is 11.3 Å². The van der Waals surface area contributed by atoms with Gasteiger partial charge in [0, 0.05) is 23.9 Å². The third-order valence-electron chi connectivity index (χ3n) is 4.09. The van der Waals surface area contributed by atoms with Gasteiger partial charge >= 0.3 is 0 Å². The molecule has 2 aromatic rings. The monoisotopic (exact) mass is 336 g/mol. The number of β-amino-alcohol motifs (C(OH)–C–C–N with tert-alkyl or cyclic N) is 1. The molecule has 126 valence electrons. The van der Waals surface area contributed by atoms with E-state index in [1.54, 1.807) is 11.3 Å². The summed E-state index contributed by atoms with van der Waals surface area (Å²) in [7, 11) is 0. The zero-order chi connectivity index (χ0) is 16.1. The van der Waals surface area contributed by atoms with Crippen molar-refractivity contribution in [1.82, 2.24) is 20.1 Å². The Morgan fingerprint density at radius 2 is 2.48 bits per heavy atom. The highest BCUT2D eigenvalue weighted by atomic mass is 32.1. The standard InChI is InChI=1S/C16H24N4O2S/c1-12-17-16(19-18-12)13-4-2-6-20(8-13)9-14(21)10-22-11-15-5-3-7-23-15/h3,5,7,13-14,21H,2,4,6,8-11H2,1H3,(H,17,18,19). The quantitative estimate of drug-likeness (QED) is 0.808. The first-order valence-electron chi connectivity index (χ1n) is 8.10. The smallest absolute Gasteiger partial charge is 0.155 e. The van der Waals surface area contributed by atoms with Crippen molar-refractivity contribution in [2.75, 3.05) is 26.2 Å². The van der Waals surface area contributed by atoms with E-state index in [0.29, 0.717) is 25.7 Å². The maximum Gasteiger partial charge on any atom is 0.155 e. The predicted molar refractivity (Wildman–Crippen MR) is 89.5 cm³/mol. The lowest BCUT2D eigenvalue weighted by atomic mass is 9.97. The second-order valence-corrected chi connectivity index (χ2v) is 7.16. The molecule has 0 amide bonds. The molecule has 2 aromatic heterocycles. The predicted octanol–water partition coefficient (Wildman–Crippen LogP) is 1.93. The fourth-order valence-corrected chi connectivity index (χ4v) is 3.66. The largest absolute Gasteiger partial charge is 0.389 e. The summed E-state index contributed by atoms with van der Waals surface area (Å²) >= 11 is 1.68. The molecule has 0 aromatic carbocycles. The number of nitrogens with one attached hydrogen (secondary N) is 1. The number of aliphatic hydroxyl groups is 1. The summed E-state index contributed by atoms with van der Waals surface area (Å²) < 4.78 is 5.60. The van der Waals surface area contributed by atoms with Crippen LogP contribution in [-0.4, -0.2) is 57.5 Å². The highest BCUT2D eigenvalue weighted by Gasteiger charge is 2.25. The zero-order valence-corrected chi connectivity index (χ0v) is 14.3. The van der Waals surface area contributed by atoms with Crippen molar-refractivity contribution in [3.63, 3.8) is 0 Å². The van der Waals surface area contributed by atoms with Crippen LogP contribution in [0.15, 0.2) is 17.5 Å². The minimum atomic E-state index is -0.456. The van der Waals surface area contributed by atoms with Gasteiger partial charge in [0.05, 0.1) is 19.3 Å². The first-order chi connectivity index (χ1) is 11.2. The first-order valence-corrected chi connectivity index (χ1v) is 8.98. The Labute approximate surface area is 140 Å². The number of thiophene rings is 1. The van der Waals surface area contributed by atoms with E-state index in [-0.39, 0.29) is 0 Å². The zero-order valence-electron chi connectivity index (χ0n) is 13.4.